The summed E-state index contributed by atoms with van der Waals surface area (Å²) in [5, 5.41) is 0. The summed E-state index contributed by atoms with van der Waals surface area (Å²) in [5.41, 5.74) is 0. The van der Waals surface area contributed by atoms with Gasteiger partial charge < -0.3 is 0 Å². The van der Waals surface area contributed by atoms with Crippen molar-refractivity contribution in [1.29, 1.82) is 0 Å². The van der Waals surface area contributed by atoms with Crippen LogP contribution in [0.5, 0.6) is 0 Å². The van der Waals surface area contributed by atoms with E-state index in [1.165, 1.54) is 212 Å². The molecule has 1 aromatic rings. The maximum absolute atomic E-state index is 2.63. The molecule has 0 aliphatic carbocycles. The van der Waals surface area contributed by atoms with Crippen LogP contribution in [0.1, 0.15) is 219 Å². The monoisotopic (exact) mass is 574 g/mol. The number of aryl methyl sites for hydroxylation is 2. The number of rotatable bonds is 33. The van der Waals surface area contributed by atoms with Gasteiger partial charge in [-0.2, -0.15) is 0 Å². The first-order chi connectivity index (χ1) is 20.3. The molecule has 0 unspecified atom stereocenters. The summed E-state index contributed by atoms with van der Waals surface area (Å²) in [4.78, 5) is 0. The van der Waals surface area contributed by atoms with E-state index in [0.29, 0.717) is 0 Å². The van der Waals surface area contributed by atoms with Gasteiger partial charge in [-0.3, -0.25) is 0 Å². The second-order valence-electron chi connectivity index (χ2n) is 13.4. The third-order valence-corrected chi connectivity index (χ3v) is 9.35. The molecule has 0 aromatic carbocycles. The fourth-order valence-corrected chi connectivity index (χ4v) is 6.50. The van der Waals surface area contributed by atoms with E-state index in [1.54, 1.807) is 5.82 Å². The van der Waals surface area contributed by atoms with E-state index >= 15 is 0 Å². The number of imidazole rings is 1. The lowest BCUT2D eigenvalue weighted by atomic mass is 10.0. The van der Waals surface area contributed by atoms with Gasteiger partial charge in [-0.05, 0) is 32.1 Å². The van der Waals surface area contributed by atoms with Crippen LogP contribution in [0.15, 0.2) is 12.4 Å². The van der Waals surface area contributed by atoms with Crippen LogP contribution in [0, 0.1) is 0 Å². The molecule has 0 aliphatic heterocycles. The van der Waals surface area contributed by atoms with Crippen LogP contribution in [0.25, 0.3) is 0 Å². The summed E-state index contributed by atoms with van der Waals surface area (Å²) in [7, 11) is 0. The molecule has 0 amide bonds. The molecule has 0 saturated carbocycles. The highest BCUT2D eigenvalue weighted by Gasteiger charge is 2.16. The van der Waals surface area contributed by atoms with Gasteiger partial charge in [0.1, 0.15) is 12.4 Å². The Balaban J connectivity index is 2.23. The van der Waals surface area contributed by atoms with Gasteiger partial charge in [0.25, 0.3) is 5.82 Å². The zero-order valence-corrected chi connectivity index (χ0v) is 28.9. The van der Waals surface area contributed by atoms with Crippen molar-refractivity contribution in [2.24, 2.45) is 0 Å². The van der Waals surface area contributed by atoms with Gasteiger partial charge in [0.05, 0.1) is 13.1 Å². The smallest absolute Gasteiger partial charge is 0.234 e. The van der Waals surface area contributed by atoms with E-state index in [-0.39, 0.29) is 0 Å². The average molecular weight is 574 g/mol. The first kappa shape index (κ1) is 38.2. The SMILES string of the molecule is CCCCCCCCCCCCCCCn1cc[n+](CCCCCCC)c1CCCCCCCCCCCCCC. The molecule has 0 atom stereocenters. The topological polar surface area (TPSA) is 8.81 Å². The molecule has 0 aliphatic rings. The molecule has 2 heteroatoms. The zero-order valence-electron chi connectivity index (χ0n) is 28.9. The largest absolute Gasteiger partial charge is 0.256 e. The van der Waals surface area contributed by atoms with Gasteiger partial charge in [0.2, 0.25) is 0 Å². The van der Waals surface area contributed by atoms with Crippen LogP contribution < -0.4 is 4.57 Å². The Labute approximate surface area is 259 Å². The van der Waals surface area contributed by atoms with Gasteiger partial charge in [0.15, 0.2) is 0 Å². The lowest BCUT2D eigenvalue weighted by Gasteiger charge is -2.07. The van der Waals surface area contributed by atoms with E-state index in [4.69, 9.17) is 0 Å². The number of unbranched alkanes of at least 4 members (excludes halogenated alkanes) is 27. The lowest BCUT2D eigenvalue weighted by Crippen LogP contribution is -2.37. The minimum absolute atomic E-state index is 1.23. The van der Waals surface area contributed by atoms with E-state index in [2.05, 4.69) is 42.3 Å². The number of nitrogens with zero attached hydrogens (tertiary/aromatic N) is 2. The lowest BCUT2D eigenvalue weighted by molar-refractivity contribution is -0.704. The molecule has 41 heavy (non-hydrogen) atoms. The van der Waals surface area contributed by atoms with Crippen molar-refractivity contribution >= 4 is 0 Å². The quantitative estimate of drug-likeness (QED) is 0.0584. The normalized spacial score (nSPS) is 11.6. The van der Waals surface area contributed by atoms with Gasteiger partial charge in [-0.15, -0.1) is 0 Å². The summed E-state index contributed by atoms with van der Waals surface area (Å²) < 4.78 is 5.25. The van der Waals surface area contributed by atoms with E-state index < -0.39 is 0 Å². The van der Waals surface area contributed by atoms with Crippen LogP contribution in [-0.4, -0.2) is 4.57 Å². The maximum Gasteiger partial charge on any atom is 0.256 e. The second kappa shape index (κ2) is 30.7. The first-order valence-electron chi connectivity index (χ1n) is 19.4. The number of hydrogen-bond donors (Lipinski definition) is 0. The Morgan fingerprint density at radius 1 is 0.415 bits per heavy atom. The summed E-state index contributed by atoms with van der Waals surface area (Å²) in [6.07, 6.45) is 48.9. The molecule has 1 aromatic heterocycles. The Bertz CT molecular complexity index is 634. The number of hydrogen-bond acceptors (Lipinski definition) is 0. The van der Waals surface area contributed by atoms with Gasteiger partial charge in [-0.25, -0.2) is 9.13 Å². The maximum atomic E-state index is 2.63. The Morgan fingerprint density at radius 2 is 0.756 bits per heavy atom. The molecule has 1 rings (SSSR count). The molecular formula is C39H77N2+. The van der Waals surface area contributed by atoms with Crippen LogP contribution in [0.3, 0.4) is 0 Å². The van der Waals surface area contributed by atoms with Crippen LogP contribution in [-0.2, 0) is 19.5 Å². The summed E-state index contributed by atoms with van der Waals surface area (Å²) in [6, 6.07) is 0. The highest BCUT2D eigenvalue weighted by molar-refractivity contribution is 4.84. The molecule has 2 nitrogen and oxygen atoms in total. The predicted octanol–water partition coefficient (Wildman–Crippen LogP) is 13.1. The van der Waals surface area contributed by atoms with Crippen molar-refractivity contribution < 1.29 is 4.57 Å². The summed E-state index contributed by atoms with van der Waals surface area (Å²) in [5.74, 6) is 1.62. The number of aromatic nitrogens is 2. The van der Waals surface area contributed by atoms with Crippen molar-refractivity contribution in [3.05, 3.63) is 18.2 Å². The van der Waals surface area contributed by atoms with Crippen LogP contribution in [0.2, 0.25) is 0 Å². The molecule has 0 spiro atoms. The molecule has 242 valence electrons. The van der Waals surface area contributed by atoms with Crippen molar-refractivity contribution in [3.8, 4) is 0 Å². The van der Waals surface area contributed by atoms with Crippen molar-refractivity contribution in [2.75, 3.05) is 0 Å². The van der Waals surface area contributed by atoms with E-state index in [1.807, 2.05) is 0 Å². The van der Waals surface area contributed by atoms with Gasteiger partial charge in [-0.1, -0.05) is 181 Å². The van der Waals surface area contributed by atoms with E-state index in [0.717, 1.165) is 0 Å². The molecule has 0 saturated heterocycles. The third kappa shape index (κ3) is 23.4. The van der Waals surface area contributed by atoms with Crippen LogP contribution in [0.4, 0.5) is 0 Å². The van der Waals surface area contributed by atoms with Gasteiger partial charge in [0, 0.05) is 6.42 Å². The third-order valence-electron chi connectivity index (χ3n) is 9.35. The molecule has 0 radical (unpaired) electrons. The molecule has 1 heterocycles. The highest BCUT2D eigenvalue weighted by Crippen LogP contribution is 2.15. The Kier molecular flexibility index (Phi) is 28.6. The van der Waals surface area contributed by atoms with Crippen molar-refractivity contribution in [2.45, 2.75) is 233 Å². The summed E-state index contributed by atoms with van der Waals surface area (Å²) >= 11 is 0. The van der Waals surface area contributed by atoms with E-state index in [9.17, 15) is 0 Å². The highest BCUT2D eigenvalue weighted by atomic mass is 15.1. The van der Waals surface area contributed by atoms with Crippen molar-refractivity contribution in [1.82, 2.24) is 4.57 Å². The van der Waals surface area contributed by atoms with Gasteiger partial charge >= 0.3 is 0 Å². The minimum atomic E-state index is 1.23. The first-order valence-corrected chi connectivity index (χ1v) is 19.4. The minimum Gasteiger partial charge on any atom is -0.234 e. The van der Waals surface area contributed by atoms with Crippen LogP contribution >= 0.6 is 0 Å². The zero-order chi connectivity index (χ0) is 29.5. The average Bonchev–Trinajstić information content (AvgIpc) is 3.37. The molecule has 0 fully saturated rings. The summed E-state index contributed by atoms with van der Waals surface area (Å²) in [6.45, 7) is 9.39. The Hall–Kier alpha value is -0.790. The fourth-order valence-electron chi connectivity index (χ4n) is 6.50. The molecular weight excluding hydrogens is 496 g/mol. The standard InChI is InChI=1S/C39H77N2/c1-4-7-10-13-15-17-19-21-23-25-27-30-33-36-41-38-37-40(35-32-29-12-9-6-3)39(41)34-31-28-26-24-22-20-18-16-14-11-8-5-2/h37-38H,4-36H2,1-3H3/q+1. The molecule has 0 bridgehead atoms. The predicted molar refractivity (Wildman–Crippen MR) is 184 cm³/mol. The second-order valence-corrected chi connectivity index (χ2v) is 13.4. The van der Waals surface area contributed by atoms with Crippen molar-refractivity contribution in [3.63, 3.8) is 0 Å². The molecule has 0 N–H and O–H groups in total. The fraction of sp³-hybridized carbons (Fsp3) is 0.923. The Morgan fingerprint density at radius 3 is 1.17 bits per heavy atom.